The lowest BCUT2D eigenvalue weighted by Crippen LogP contribution is -2.16. The van der Waals surface area contributed by atoms with E-state index in [1.807, 2.05) is 24.3 Å². The molecule has 0 radical (unpaired) electrons. The first kappa shape index (κ1) is 12.1. The molecule has 0 saturated carbocycles. The highest BCUT2D eigenvalue weighted by atomic mass is 16.5. The van der Waals surface area contributed by atoms with Crippen LogP contribution < -0.4 is 5.73 Å². The van der Waals surface area contributed by atoms with Gasteiger partial charge in [0, 0.05) is 24.6 Å². The smallest absolute Gasteiger partial charge is 0.138 e. The third-order valence-corrected chi connectivity index (χ3v) is 3.40. The van der Waals surface area contributed by atoms with Crippen LogP contribution in [-0.4, -0.2) is 19.0 Å². The first-order chi connectivity index (χ1) is 8.16. The molecule has 0 aromatic heterocycles. The Kier molecular flexibility index (Phi) is 3.79. The van der Waals surface area contributed by atoms with Gasteiger partial charge in [-0.05, 0) is 30.0 Å². The molecule has 17 heavy (non-hydrogen) atoms. The fraction of sp³-hybridized carbons (Fsp3) is 0.500. The van der Waals surface area contributed by atoms with Crippen LogP contribution in [0.15, 0.2) is 24.3 Å². The van der Waals surface area contributed by atoms with Crippen LogP contribution in [0.3, 0.4) is 0 Å². The van der Waals surface area contributed by atoms with Gasteiger partial charge in [-0.25, -0.2) is 0 Å². The van der Waals surface area contributed by atoms with Gasteiger partial charge in [-0.1, -0.05) is 19.1 Å². The molecular weight excluding hydrogens is 214 g/mol. The first-order valence-corrected chi connectivity index (χ1v) is 6.12. The number of carbonyl (C=O) groups excluding carboxylic acids is 1. The van der Waals surface area contributed by atoms with Crippen LogP contribution in [0.25, 0.3) is 0 Å². The molecule has 3 nitrogen and oxygen atoms in total. The molecule has 2 rings (SSSR count). The fourth-order valence-electron chi connectivity index (χ4n) is 2.20. The normalized spacial score (nSPS) is 21.4. The highest BCUT2D eigenvalue weighted by Gasteiger charge is 2.24. The molecule has 1 aromatic carbocycles. The Balaban J connectivity index is 1.93. The van der Waals surface area contributed by atoms with E-state index >= 15 is 0 Å². The maximum absolute atomic E-state index is 12.0. The summed E-state index contributed by atoms with van der Waals surface area (Å²) >= 11 is 0. The van der Waals surface area contributed by atoms with Crippen LogP contribution in [0.4, 0.5) is 5.69 Å². The molecule has 1 fully saturated rings. The molecule has 2 unspecified atom stereocenters. The molecule has 1 aromatic rings. The van der Waals surface area contributed by atoms with Crippen LogP contribution in [0, 0.1) is 5.92 Å². The molecule has 1 aliphatic heterocycles. The summed E-state index contributed by atoms with van der Waals surface area (Å²) in [7, 11) is 0. The van der Waals surface area contributed by atoms with Gasteiger partial charge in [0.05, 0.1) is 6.61 Å². The standard InChI is InChI=1S/C14H19NO2/c1-10(11-2-4-13(15)5-3-11)8-14(16)12-6-7-17-9-12/h2-5,10,12H,6-9,15H2,1H3. The van der Waals surface area contributed by atoms with Gasteiger partial charge < -0.3 is 10.5 Å². The van der Waals surface area contributed by atoms with Gasteiger partial charge in [0.15, 0.2) is 0 Å². The number of Topliss-reactive ketones (excluding diaryl/α,β-unsaturated/α-hetero) is 1. The van der Waals surface area contributed by atoms with Crippen LogP contribution in [0.2, 0.25) is 0 Å². The second kappa shape index (κ2) is 5.32. The molecule has 1 heterocycles. The number of hydrogen-bond donors (Lipinski definition) is 1. The van der Waals surface area contributed by atoms with Gasteiger partial charge in [-0.15, -0.1) is 0 Å². The Morgan fingerprint density at radius 1 is 1.47 bits per heavy atom. The van der Waals surface area contributed by atoms with Crippen molar-refractivity contribution in [3.63, 3.8) is 0 Å². The third kappa shape index (κ3) is 3.07. The van der Waals surface area contributed by atoms with E-state index in [-0.39, 0.29) is 11.8 Å². The lowest BCUT2D eigenvalue weighted by molar-refractivity contribution is -0.123. The SMILES string of the molecule is CC(CC(=O)C1CCOC1)c1ccc(N)cc1. The van der Waals surface area contributed by atoms with Crippen molar-refractivity contribution in [3.8, 4) is 0 Å². The number of carbonyl (C=O) groups is 1. The van der Waals surface area contributed by atoms with Crippen molar-refractivity contribution in [1.82, 2.24) is 0 Å². The van der Waals surface area contributed by atoms with Crippen LogP contribution in [-0.2, 0) is 9.53 Å². The van der Waals surface area contributed by atoms with Gasteiger partial charge in [-0.3, -0.25) is 4.79 Å². The molecule has 2 N–H and O–H groups in total. The lowest BCUT2D eigenvalue weighted by Gasteiger charge is -2.13. The quantitative estimate of drug-likeness (QED) is 0.812. The molecule has 0 bridgehead atoms. The molecule has 0 amide bonds. The molecule has 0 spiro atoms. The summed E-state index contributed by atoms with van der Waals surface area (Å²) in [5.41, 5.74) is 7.58. The average molecular weight is 233 g/mol. The number of nitrogens with two attached hydrogens (primary N) is 1. The van der Waals surface area contributed by atoms with Gasteiger partial charge in [0.2, 0.25) is 0 Å². The van der Waals surface area contributed by atoms with Crippen molar-refractivity contribution in [2.45, 2.75) is 25.7 Å². The Morgan fingerprint density at radius 3 is 2.76 bits per heavy atom. The summed E-state index contributed by atoms with van der Waals surface area (Å²) in [6, 6.07) is 7.76. The van der Waals surface area contributed by atoms with Crippen LogP contribution >= 0.6 is 0 Å². The zero-order valence-electron chi connectivity index (χ0n) is 10.2. The zero-order valence-corrected chi connectivity index (χ0v) is 10.2. The molecule has 92 valence electrons. The zero-order chi connectivity index (χ0) is 12.3. The summed E-state index contributed by atoms with van der Waals surface area (Å²) < 4.78 is 5.24. The van der Waals surface area contributed by atoms with Crippen molar-refractivity contribution in [2.24, 2.45) is 5.92 Å². The first-order valence-electron chi connectivity index (χ1n) is 6.12. The second-order valence-corrected chi connectivity index (χ2v) is 4.80. The van der Waals surface area contributed by atoms with Gasteiger partial charge in [-0.2, -0.15) is 0 Å². The summed E-state index contributed by atoms with van der Waals surface area (Å²) in [6.07, 6.45) is 1.48. The minimum Gasteiger partial charge on any atom is -0.399 e. The van der Waals surface area contributed by atoms with Crippen LogP contribution in [0.1, 0.15) is 31.2 Å². The monoisotopic (exact) mass is 233 g/mol. The minimum absolute atomic E-state index is 0.117. The average Bonchev–Trinajstić information content (AvgIpc) is 2.83. The number of benzene rings is 1. The van der Waals surface area contributed by atoms with Crippen molar-refractivity contribution in [1.29, 1.82) is 0 Å². The maximum Gasteiger partial charge on any atom is 0.138 e. The largest absolute Gasteiger partial charge is 0.399 e. The summed E-state index contributed by atoms with van der Waals surface area (Å²) in [5, 5.41) is 0. The Hall–Kier alpha value is -1.35. The van der Waals surface area contributed by atoms with E-state index in [0.29, 0.717) is 18.8 Å². The third-order valence-electron chi connectivity index (χ3n) is 3.40. The number of anilines is 1. The summed E-state index contributed by atoms with van der Waals surface area (Å²) in [5.74, 6) is 0.696. The summed E-state index contributed by atoms with van der Waals surface area (Å²) in [4.78, 5) is 12.0. The molecular formula is C14H19NO2. The number of ether oxygens (including phenoxy) is 1. The van der Waals surface area contributed by atoms with E-state index < -0.39 is 0 Å². The summed E-state index contributed by atoms with van der Waals surface area (Å²) in [6.45, 7) is 3.42. The van der Waals surface area contributed by atoms with E-state index in [2.05, 4.69) is 6.92 Å². The molecule has 2 atom stereocenters. The fourth-order valence-corrected chi connectivity index (χ4v) is 2.20. The van der Waals surface area contributed by atoms with Crippen molar-refractivity contribution < 1.29 is 9.53 Å². The maximum atomic E-state index is 12.0. The molecule has 0 aliphatic carbocycles. The highest BCUT2D eigenvalue weighted by molar-refractivity contribution is 5.82. The number of hydrogen-bond acceptors (Lipinski definition) is 3. The Morgan fingerprint density at radius 2 is 2.18 bits per heavy atom. The van der Waals surface area contributed by atoms with E-state index in [9.17, 15) is 4.79 Å². The Labute approximate surface area is 102 Å². The van der Waals surface area contributed by atoms with Crippen molar-refractivity contribution >= 4 is 11.5 Å². The highest BCUT2D eigenvalue weighted by Crippen LogP contribution is 2.24. The minimum atomic E-state index is 0.117. The van der Waals surface area contributed by atoms with Gasteiger partial charge in [0.1, 0.15) is 5.78 Å². The predicted molar refractivity (Wildman–Crippen MR) is 67.8 cm³/mol. The molecule has 3 heteroatoms. The predicted octanol–water partition coefficient (Wildman–Crippen LogP) is 2.37. The van der Waals surface area contributed by atoms with E-state index in [1.54, 1.807) is 0 Å². The number of rotatable bonds is 4. The van der Waals surface area contributed by atoms with E-state index in [1.165, 1.54) is 5.56 Å². The van der Waals surface area contributed by atoms with Gasteiger partial charge in [0.25, 0.3) is 0 Å². The van der Waals surface area contributed by atoms with Crippen molar-refractivity contribution in [3.05, 3.63) is 29.8 Å². The second-order valence-electron chi connectivity index (χ2n) is 4.80. The molecule has 1 aliphatic rings. The van der Waals surface area contributed by atoms with Crippen LogP contribution in [0.5, 0.6) is 0 Å². The Bertz CT molecular complexity index is 380. The van der Waals surface area contributed by atoms with E-state index in [4.69, 9.17) is 10.5 Å². The topological polar surface area (TPSA) is 52.3 Å². The number of nitrogen functional groups attached to an aromatic ring is 1. The lowest BCUT2D eigenvalue weighted by atomic mass is 9.90. The van der Waals surface area contributed by atoms with Crippen molar-refractivity contribution in [2.75, 3.05) is 18.9 Å². The molecule has 1 saturated heterocycles. The van der Waals surface area contributed by atoms with Gasteiger partial charge >= 0.3 is 0 Å². The van der Waals surface area contributed by atoms with E-state index in [0.717, 1.165) is 18.7 Å². The number of ketones is 1.